The molecule has 5 nitrogen and oxygen atoms in total. The Bertz CT molecular complexity index is 319. The first-order chi connectivity index (χ1) is 6.24. The summed E-state index contributed by atoms with van der Waals surface area (Å²) in [6.45, 7) is 0.429. The molecule has 1 heterocycles. The Morgan fingerprint density at radius 3 is 2.85 bits per heavy atom. The van der Waals surface area contributed by atoms with Crippen molar-refractivity contribution in [3.8, 4) is 0 Å². The van der Waals surface area contributed by atoms with Crippen molar-refractivity contribution < 1.29 is 4.92 Å². The van der Waals surface area contributed by atoms with Crippen molar-refractivity contribution in [2.24, 2.45) is 5.73 Å². The van der Waals surface area contributed by atoms with Crippen molar-refractivity contribution >= 4 is 11.8 Å². The van der Waals surface area contributed by atoms with Gasteiger partial charge in [0, 0.05) is 12.6 Å². The van der Waals surface area contributed by atoms with E-state index in [0.29, 0.717) is 12.2 Å². The molecule has 13 heavy (non-hydrogen) atoms. The van der Waals surface area contributed by atoms with Crippen molar-refractivity contribution in [3.05, 3.63) is 40.2 Å². The summed E-state index contributed by atoms with van der Waals surface area (Å²) in [5, 5.41) is 10.3. The van der Waals surface area contributed by atoms with Crippen molar-refractivity contribution in [1.82, 2.24) is 4.98 Å². The molecule has 0 aliphatic carbocycles. The van der Waals surface area contributed by atoms with Crippen LogP contribution in [0.4, 0.5) is 5.69 Å². The second-order valence-electron chi connectivity index (χ2n) is 2.34. The fourth-order valence-electron chi connectivity index (χ4n) is 0.793. The zero-order valence-corrected chi connectivity index (χ0v) is 6.88. The van der Waals surface area contributed by atoms with Gasteiger partial charge in [0.05, 0.1) is 10.6 Å². The Balaban J connectivity index is 2.81. The van der Waals surface area contributed by atoms with E-state index in [0.717, 1.165) is 0 Å². The molecule has 0 atom stereocenters. The molecule has 1 aromatic heterocycles. The van der Waals surface area contributed by atoms with Gasteiger partial charge in [-0.15, -0.1) is 0 Å². The normalized spacial score (nSPS) is 10.5. The van der Waals surface area contributed by atoms with E-state index >= 15 is 0 Å². The molecule has 0 fully saturated rings. The number of nitrogens with zero attached hydrogens (tertiary/aromatic N) is 2. The van der Waals surface area contributed by atoms with Gasteiger partial charge in [-0.05, 0) is 12.1 Å². The Kier molecular flexibility index (Phi) is 3.10. The molecule has 0 aliphatic rings. The van der Waals surface area contributed by atoms with Crippen LogP contribution in [0, 0.1) is 10.1 Å². The third kappa shape index (κ3) is 2.64. The molecule has 0 saturated heterocycles. The van der Waals surface area contributed by atoms with Crippen LogP contribution in [0.1, 0.15) is 5.69 Å². The van der Waals surface area contributed by atoms with Gasteiger partial charge >= 0.3 is 0 Å². The second-order valence-corrected chi connectivity index (χ2v) is 2.34. The zero-order valence-electron chi connectivity index (χ0n) is 6.88. The molecule has 0 radical (unpaired) electrons. The Morgan fingerprint density at radius 1 is 1.62 bits per heavy atom. The molecule has 0 amide bonds. The van der Waals surface area contributed by atoms with Crippen LogP contribution in [0.3, 0.4) is 0 Å². The maximum absolute atomic E-state index is 10.3. The maximum atomic E-state index is 10.3. The average Bonchev–Trinajstić information content (AvgIpc) is 2.15. The summed E-state index contributed by atoms with van der Waals surface area (Å²) in [6, 6.07) is 2.98. The Hall–Kier alpha value is -1.75. The summed E-state index contributed by atoms with van der Waals surface area (Å²) >= 11 is 0. The molecule has 2 N–H and O–H groups in total. The van der Waals surface area contributed by atoms with Gasteiger partial charge in [0.15, 0.2) is 0 Å². The minimum Gasteiger partial charge on any atom is -0.327 e. The molecule has 0 aromatic carbocycles. The molecular formula is C8H9N3O2. The van der Waals surface area contributed by atoms with Gasteiger partial charge in [-0.1, -0.05) is 6.08 Å². The van der Waals surface area contributed by atoms with Crippen LogP contribution in [0.15, 0.2) is 24.4 Å². The van der Waals surface area contributed by atoms with Crippen LogP contribution in [-0.2, 0) is 0 Å². The first-order valence-electron chi connectivity index (χ1n) is 3.71. The van der Waals surface area contributed by atoms with Gasteiger partial charge in [-0.25, -0.2) is 4.98 Å². The molecule has 0 bridgehead atoms. The van der Waals surface area contributed by atoms with Crippen molar-refractivity contribution in [2.45, 2.75) is 0 Å². The molecule has 68 valence electrons. The highest BCUT2D eigenvalue weighted by Crippen LogP contribution is 2.09. The fraction of sp³-hybridized carbons (Fsp3) is 0.125. The van der Waals surface area contributed by atoms with Crippen molar-refractivity contribution in [2.75, 3.05) is 6.54 Å². The third-order valence-electron chi connectivity index (χ3n) is 1.41. The van der Waals surface area contributed by atoms with Gasteiger partial charge in [-0.3, -0.25) is 10.1 Å². The van der Waals surface area contributed by atoms with Crippen LogP contribution < -0.4 is 5.73 Å². The first-order valence-corrected chi connectivity index (χ1v) is 3.71. The highest BCUT2D eigenvalue weighted by atomic mass is 16.6. The number of rotatable bonds is 3. The summed E-state index contributed by atoms with van der Waals surface area (Å²) in [6.07, 6.45) is 4.66. The SMILES string of the molecule is NC/C=C/c1ccc([N+](=O)[O-])cn1. The van der Waals surface area contributed by atoms with E-state index < -0.39 is 4.92 Å². The quantitative estimate of drug-likeness (QED) is 0.553. The largest absolute Gasteiger partial charge is 0.327 e. The van der Waals surface area contributed by atoms with Crippen LogP contribution in [0.2, 0.25) is 0 Å². The van der Waals surface area contributed by atoms with E-state index in [1.165, 1.54) is 12.3 Å². The maximum Gasteiger partial charge on any atom is 0.287 e. The van der Waals surface area contributed by atoms with E-state index in [4.69, 9.17) is 5.73 Å². The highest BCUT2D eigenvalue weighted by Gasteiger charge is 2.02. The lowest BCUT2D eigenvalue weighted by Crippen LogP contribution is -1.93. The summed E-state index contributed by atoms with van der Waals surface area (Å²) in [4.78, 5) is 13.6. The number of nitrogens with two attached hydrogens (primary N) is 1. The van der Waals surface area contributed by atoms with Crippen LogP contribution in [-0.4, -0.2) is 16.5 Å². The number of aromatic nitrogens is 1. The van der Waals surface area contributed by atoms with E-state index in [2.05, 4.69) is 4.98 Å². The molecule has 1 aromatic rings. The lowest BCUT2D eigenvalue weighted by molar-refractivity contribution is -0.385. The zero-order chi connectivity index (χ0) is 9.68. The van der Waals surface area contributed by atoms with Crippen LogP contribution >= 0.6 is 0 Å². The van der Waals surface area contributed by atoms with Crippen molar-refractivity contribution in [1.29, 1.82) is 0 Å². The summed E-state index contributed by atoms with van der Waals surface area (Å²) in [5.74, 6) is 0. The van der Waals surface area contributed by atoms with E-state index in [-0.39, 0.29) is 5.69 Å². The summed E-state index contributed by atoms with van der Waals surface area (Å²) in [7, 11) is 0. The topological polar surface area (TPSA) is 82.0 Å². The van der Waals surface area contributed by atoms with Gasteiger partial charge in [0.25, 0.3) is 5.69 Å². The van der Waals surface area contributed by atoms with Gasteiger partial charge in [0.1, 0.15) is 6.20 Å². The van der Waals surface area contributed by atoms with E-state index in [1.807, 2.05) is 0 Å². The molecule has 1 rings (SSSR count). The second kappa shape index (κ2) is 4.32. The monoisotopic (exact) mass is 179 g/mol. The standard InChI is InChI=1S/C8H9N3O2/c9-5-1-2-7-3-4-8(6-10-7)11(12)13/h1-4,6H,5,9H2/b2-1+. The highest BCUT2D eigenvalue weighted by molar-refractivity contribution is 5.46. The number of nitro groups is 1. The molecule has 5 heteroatoms. The molecule has 0 unspecified atom stereocenters. The first kappa shape index (κ1) is 9.34. The number of pyridine rings is 1. The van der Waals surface area contributed by atoms with Gasteiger partial charge < -0.3 is 5.73 Å². The van der Waals surface area contributed by atoms with E-state index in [1.54, 1.807) is 18.2 Å². The molecular weight excluding hydrogens is 170 g/mol. The Labute approximate surface area is 75.0 Å². The average molecular weight is 179 g/mol. The molecule has 0 aliphatic heterocycles. The lowest BCUT2D eigenvalue weighted by atomic mass is 10.3. The summed E-state index contributed by atoms with van der Waals surface area (Å²) < 4.78 is 0. The van der Waals surface area contributed by atoms with E-state index in [9.17, 15) is 10.1 Å². The molecule has 0 saturated carbocycles. The third-order valence-corrected chi connectivity index (χ3v) is 1.41. The smallest absolute Gasteiger partial charge is 0.287 e. The van der Waals surface area contributed by atoms with Crippen LogP contribution in [0.5, 0.6) is 0 Å². The number of hydrogen-bond donors (Lipinski definition) is 1. The lowest BCUT2D eigenvalue weighted by Gasteiger charge is -1.91. The minimum absolute atomic E-state index is 0.00935. The minimum atomic E-state index is -0.483. The predicted octanol–water partition coefficient (Wildman–Crippen LogP) is 0.962. The molecule has 0 spiro atoms. The van der Waals surface area contributed by atoms with Gasteiger partial charge in [-0.2, -0.15) is 0 Å². The fourth-order valence-corrected chi connectivity index (χ4v) is 0.793. The van der Waals surface area contributed by atoms with Crippen molar-refractivity contribution in [3.63, 3.8) is 0 Å². The van der Waals surface area contributed by atoms with Gasteiger partial charge in [0.2, 0.25) is 0 Å². The van der Waals surface area contributed by atoms with Crippen LogP contribution in [0.25, 0.3) is 6.08 Å². The number of hydrogen-bond acceptors (Lipinski definition) is 4. The summed E-state index contributed by atoms with van der Waals surface area (Å²) in [5.41, 5.74) is 5.89. The predicted molar refractivity (Wildman–Crippen MR) is 49.0 cm³/mol. The Morgan fingerprint density at radius 2 is 2.38 bits per heavy atom.